The van der Waals surface area contributed by atoms with Crippen LogP contribution in [0.1, 0.15) is 58.2 Å². The molecular formula is C29H38N4O. The van der Waals surface area contributed by atoms with Crippen molar-refractivity contribution in [3.05, 3.63) is 83.6 Å². The van der Waals surface area contributed by atoms with Gasteiger partial charge in [-0.3, -0.25) is 9.69 Å². The first-order valence-corrected chi connectivity index (χ1v) is 12.1. The number of piperazine rings is 1. The number of rotatable bonds is 7. The Morgan fingerprint density at radius 3 is 1.88 bits per heavy atom. The van der Waals surface area contributed by atoms with Crippen LogP contribution in [0.15, 0.2) is 72.4 Å². The van der Waals surface area contributed by atoms with Gasteiger partial charge in [-0.1, -0.05) is 81.4 Å². The molecule has 0 spiro atoms. The molecule has 34 heavy (non-hydrogen) atoms. The van der Waals surface area contributed by atoms with E-state index in [2.05, 4.69) is 99.4 Å². The highest BCUT2D eigenvalue weighted by atomic mass is 16.2. The highest BCUT2D eigenvalue weighted by Crippen LogP contribution is 2.30. The molecule has 1 amide bonds. The number of carbonyl (C=O) groups is 1. The fraction of sp³-hybridized carbons (Fsp3) is 0.448. The summed E-state index contributed by atoms with van der Waals surface area (Å²) in [4.78, 5) is 17.4. The van der Waals surface area contributed by atoms with Gasteiger partial charge in [0.2, 0.25) is 0 Å². The van der Waals surface area contributed by atoms with Crippen molar-refractivity contribution < 1.29 is 4.79 Å². The molecule has 0 saturated carbocycles. The van der Waals surface area contributed by atoms with Crippen LogP contribution in [0.3, 0.4) is 0 Å². The van der Waals surface area contributed by atoms with Crippen LogP contribution in [0.25, 0.3) is 0 Å². The third-order valence-electron chi connectivity index (χ3n) is 6.13. The normalized spacial score (nSPS) is 15.8. The summed E-state index contributed by atoms with van der Waals surface area (Å²) < 4.78 is 0. The van der Waals surface area contributed by atoms with Crippen molar-refractivity contribution >= 4 is 5.91 Å². The van der Waals surface area contributed by atoms with E-state index >= 15 is 0 Å². The van der Waals surface area contributed by atoms with Crippen molar-refractivity contribution in [1.29, 1.82) is 5.26 Å². The molecule has 0 radical (unpaired) electrons. The fourth-order valence-electron chi connectivity index (χ4n) is 5.02. The van der Waals surface area contributed by atoms with E-state index in [1.807, 2.05) is 12.1 Å². The van der Waals surface area contributed by atoms with E-state index in [4.69, 9.17) is 0 Å². The molecule has 1 aliphatic rings. The molecule has 2 aromatic rings. The number of nitrogens with zero attached hydrogens (tertiary/aromatic N) is 3. The van der Waals surface area contributed by atoms with Gasteiger partial charge in [-0.15, -0.1) is 0 Å². The highest BCUT2D eigenvalue weighted by Gasteiger charge is 2.30. The Balaban J connectivity index is 1.69. The zero-order valence-electron chi connectivity index (χ0n) is 21.2. The van der Waals surface area contributed by atoms with Crippen molar-refractivity contribution in [3.63, 3.8) is 0 Å². The first-order valence-electron chi connectivity index (χ1n) is 12.1. The average Bonchev–Trinajstić information content (AvgIpc) is 2.80. The van der Waals surface area contributed by atoms with Gasteiger partial charge >= 0.3 is 0 Å². The Morgan fingerprint density at radius 2 is 1.44 bits per heavy atom. The summed E-state index contributed by atoms with van der Waals surface area (Å²) >= 11 is 0. The van der Waals surface area contributed by atoms with Gasteiger partial charge in [-0.25, -0.2) is 0 Å². The lowest BCUT2D eigenvalue weighted by atomic mass is 9.82. The SMILES string of the molecule is CC(C)(C)CC(C)(C)N/C=C(/C#N)C(=O)N1CCN(C(c2ccccc2)c2ccccc2)CC1. The molecule has 0 aromatic heterocycles. The molecule has 1 N–H and O–H groups in total. The van der Waals surface area contributed by atoms with Crippen LogP contribution in [0, 0.1) is 16.7 Å². The molecule has 2 aromatic carbocycles. The summed E-state index contributed by atoms with van der Waals surface area (Å²) in [6.07, 6.45) is 2.53. The predicted octanol–water partition coefficient (Wildman–Crippen LogP) is 5.13. The molecule has 0 atom stereocenters. The average molecular weight is 459 g/mol. The summed E-state index contributed by atoms with van der Waals surface area (Å²) in [5, 5.41) is 13.0. The van der Waals surface area contributed by atoms with Crippen LogP contribution < -0.4 is 5.32 Å². The molecule has 180 valence electrons. The van der Waals surface area contributed by atoms with Gasteiger partial charge in [0.05, 0.1) is 6.04 Å². The van der Waals surface area contributed by atoms with Gasteiger partial charge in [0, 0.05) is 37.9 Å². The second kappa shape index (κ2) is 10.9. The van der Waals surface area contributed by atoms with Crippen molar-refractivity contribution in [3.8, 4) is 6.07 Å². The van der Waals surface area contributed by atoms with Gasteiger partial charge in [0.15, 0.2) is 0 Å². The van der Waals surface area contributed by atoms with Crippen LogP contribution in [-0.4, -0.2) is 47.4 Å². The van der Waals surface area contributed by atoms with E-state index in [0.29, 0.717) is 13.1 Å². The fourth-order valence-corrected chi connectivity index (χ4v) is 5.02. The Labute approximate surface area is 205 Å². The van der Waals surface area contributed by atoms with E-state index in [-0.39, 0.29) is 28.5 Å². The zero-order chi connectivity index (χ0) is 24.8. The molecule has 1 aliphatic heterocycles. The van der Waals surface area contributed by atoms with Crippen LogP contribution in [0.4, 0.5) is 0 Å². The van der Waals surface area contributed by atoms with E-state index in [9.17, 15) is 10.1 Å². The van der Waals surface area contributed by atoms with Crippen molar-refractivity contribution in [2.24, 2.45) is 5.41 Å². The first kappa shape index (κ1) is 25.5. The quantitative estimate of drug-likeness (QED) is 0.461. The Morgan fingerprint density at radius 1 is 0.941 bits per heavy atom. The predicted molar refractivity (Wildman–Crippen MR) is 138 cm³/mol. The number of hydrogen-bond acceptors (Lipinski definition) is 4. The van der Waals surface area contributed by atoms with Gasteiger partial charge < -0.3 is 10.2 Å². The summed E-state index contributed by atoms with van der Waals surface area (Å²) in [6.45, 7) is 13.5. The number of hydrogen-bond donors (Lipinski definition) is 1. The Hall–Kier alpha value is -3.10. The maximum Gasteiger partial charge on any atom is 0.266 e. The van der Waals surface area contributed by atoms with E-state index < -0.39 is 0 Å². The minimum atomic E-state index is -0.210. The Bertz CT molecular complexity index is 968. The maximum atomic E-state index is 13.1. The largest absolute Gasteiger partial charge is 0.385 e. The molecule has 1 fully saturated rings. The van der Waals surface area contributed by atoms with Crippen LogP contribution in [0.5, 0.6) is 0 Å². The molecule has 1 heterocycles. The van der Waals surface area contributed by atoms with E-state index in [1.165, 1.54) is 11.1 Å². The lowest BCUT2D eigenvalue weighted by Crippen LogP contribution is -2.50. The minimum Gasteiger partial charge on any atom is -0.385 e. The molecular weight excluding hydrogens is 420 g/mol. The monoisotopic (exact) mass is 458 g/mol. The summed E-state index contributed by atoms with van der Waals surface area (Å²) in [5.41, 5.74) is 2.59. The molecule has 0 bridgehead atoms. The highest BCUT2D eigenvalue weighted by molar-refractivity contribution is 5.97. The lowest BCUT2D eigenvalue weighted by molar-refractivity contribution is -0.128. The summed E-state index contributed by atoms with van der Waals surface area (Å²) in [7, 11) is 0. The van der Waals surface area contributed by atoms with Crippen LogP contribution in [-0.2, 0) is 4.79 Å². The summed E-state index contributed by atoms with van der Waals surface area (Å²) in [6, 6.07) is 23.3. The van der Waals surface area contributed by atoms with Gasteiger partial charge in [0.1, 0.15) is 11.6 Å². The second-order valence-corrected chi connectivity index (χ2v) is 11.0. The standard InChI is InChI=1S/C29H38N4O/c1-28(2,3)22-29(4,5)31-21-25(20-30)27(34)33-18-16-32(17-19-33)26(23-12-8-6-9-13-23)24-14-10-7-11-15-24/h6-15,21,26,31H,16-19,22H2,1-5H3/b25-21-. The van der Waals surface area contributed by atoms with Crippen molar-refractivity contribution in [1.82, 2.24) is 15.1 Å². The van der Waals surface area contributed by atoms with Crippen LogP contribution >= 0.6 is 0 Å². The zero-order valence-corrected chi connectivity index (χ0v) is 21.2. The number of benzene rings is 2. The third kappa shape index (κ3) is 6.95. The van der Waals surface area contributed by atoms with Gasteiger partial charge in [0.25, 0.3) is 5.91 Å². The molecule has 5 nitrogen and oxygen atoms in total. The molecule has 1 saturated heterocycles. The molecule has 0 aliphatic carbocycles. The molecule has 0 unspecified atom stereocenters. The first-order chi connectivity index (χ1) is 16.1. The van der Waals surface area contributed by atoms with Crippen molar-refractivity contribution in [2.75, 3.05) is 26.2 Å². The topological polar surface area (TPSA) is 59.4 Å². The lowest BCUT2D eigenvalue weighted by Gasteiger charge is -2.39. The smallest absolute Gasteiger partial charge is 0.266 e. The Kier molecular flexibility index (Phi) is 8.17. The van der Waals surface area contributed by atoms with Gasteiger partial charge in [-0.05, 0) is 36.8 Å². The summed E-state index contributed by atoms with van der Waals surface area (Å²) in [5.74, 6) is -0.197. The third-order valence-corrected chi connectivity index (χ3v) is 6.13. The molecule has 5 heteroatoms. The number of amides is 1. The van der Waals surface area contributed by atoms with E-state index in [0.717, 1.165) is 19.5 Å². The minimum absolute atomic E-state index is 0.144. The van der Waals surface area contributed by atoms with Crippen molar-refractivity contribution in [2.45, 2.75) is 52.6 Å². The van der Waals surface area contributed by atoms with Crippen LogP contribution in [0.2, 0.25) is 0 Å². The second-order valence-electron chi connectivity index (χ2n) is 11.0. The van der Waals surface area contributed by atoms with E-state index in [1.54, 1.807) is 11.1 Å². The maximum absolute atomic E-state index is 13.1. The number of carbonyl (C=O) groups excluding carboxylic acids is 1. The molecule has 3 rings (SSSR count). The number of nitriles is 1. The number of nitrogens with one attached hydrogen (secondary N) is 1. The van der Waals surface area contributed by atoms with Gasteiger partial charge in [-0.2, -0.15) is 5.26 Å².